The van der Waals surface area contributed by atoms with Gasteiger partial charge in [-0.15, -0.1) is 10.2 Å². The van der Waals surface area contributed by atoms with Crippen molar-refractivity contribution in [2.75, 3.05) is 6.54 Å². The second-order valence-corrected chi connectivity index (χ2v) is 4.68. The van der Waals surface area contributed by atoms with E-state index in [4.69, 9.17) is 0 Å². The predicted molar refractivity (Wildman–Crippen MR) is 64.6 cm³/mol. The third-order valence-electron chi connectivity index (χ3n) is 3.54. The van der Waals surface area contributed by atoms with Crippen molar-refractivity contribution in [3.05, 3.63) is 24.3 Å². The zero-order chi connectivity index (χ0) is 11.7. The molecule has 17 heavy (non-hydrogen) atoms. The van der Waals surface area contributed by atoms with E-state index in [2.05, 4.69) is 27.4 Å². The van der Waals surface area contributed by atoms with E-state index >= 15 is 0 Å². The lowest BCUT2D eigenvalue weighted by molar-refractivity contribution is 0.331. The van der Waals surface area contributed by atoms with Crippen molar-refractivity contribution >= 4 is 5.78 Å². The summed E-state index contributed by atoms with van der Waals surface area (Å²) < 4.78 is 2.01. The molecule has 1 saturated heterocycles. The van der Waals surface area contributed by atoms with Gasteiger partial charge in [0, 0.05) is 12.4 Å². The van der Waals surface area contributed by atoms with Crippen LogP contribution in [0.4, 0.5) is 0 Å². The van der Waals surface area contributed by atoms with Gasteiger partial charge in [0.15, 0.2) is 5.82 Å². The Hall–Kier alpha value is -1.49. The minimum atomic E-state index is -0.00278. The highest BCUT2D eigenvalue weighted by atomic mass is 15.3. The SMILES string of the molecule is CCCC1(c2nnc3ncccn23)CCCN1. The number of hydrogen-bond donors (Lipinski definition) is 1. The summed E-state index contributed by atoms with van der Waals surface area (Å²) in [5.74, 6) is 1.70. The second kappa shape index (κ2) is 4.07. The molecule has 1 fully saturated rings. The van der Waals surface area contributed by atoms with Gasteiger partial charge in [0.25, 0.3) is 5.78 Å². The molecule has 0 radical (unpaired) electrons. The molecule has 90 valence electrons. The van der Waals surface area contributed by atoms with Crippen molar-refractivity contribution in [2.45, 2.75) is 38.1 Å². The van der Waals surface area contributed by atoms with Crippen molar-refractivity contribution < 1.29 is 0 Å². The lowest BCUT2D eigenvalue weighted by Crippen LogP contribution is -2.38. The van der Waals surface area contributed by atoms with Crippen molar-refractivity contribution in [3.63, 3.8) is 0 Å². The van der Waals surface area contributed by atoms with E-state index in [0.717, 1.165) is 31.6 Å². The minimum Gasteiger partial charge on any atom is -0.305 e. The topological polar surface area (TPSA) is 55.1 Å². The molecule has 3 heterocycles. The molecule has 1 aliphatic heterocycles. The van der Waals surface area contributed by atoms with E-state index < -0.39 is 0 Å². The Morgan fingerprint density at radius 2 is 2.41 bits per heavy atom. The molecule has 1 aliphatic rings. The number of nitrogens with zero attached hydrogens (tertiary/aromatic N) is 4. The van der Waals surface area contributed by atoms with Crippen molar-refractivity contribution in [3.8, 4) is 0 Å². The Kier molecular flexibility index (Phi) is 2.55. The van der Waals surface area contributed by atoms with Gasteiger partial charge in [-0.1, -0.05) is 13.3 Å². The molecule has 5 heteroatoms. The van der Waals surface area contributed by atoms with E-state index in [9.17, 15) is 0 Å². The molecule has 1 N–H and O–H groups in total. The zero-order valence-electron chi connectivity index (χ0n) is 10.1. The highest BCUT2D eigenvalue weighted by Gasteiger charge is 2.38. The van der Waals surface area contributed by atoms with Crippen LogP contribution in [0, 0.1) is 0 Å². The molecular weight excluding hydrogens is 214 g/mol. The molecule has 0 bridgehead atoms. The minimum absolute atomic E-state index is 0.00278. The van der Waals surface area contributed by atoms with E-state index in [1.54, 1.807) is 6.20 Å². The molecule has 2 aromatic rings. The van der Waals surface area contributed by atoms with Gasteiger partial charge in [-0.05, 0) is 31.9 Å². The van der Waals surface area contributed by atoms with Crippen LogP contribution in [-0.4, -0.2) is 26.1 Å². The standard InChI is InChI=1S/C12H17N5/c1-2-5-12(6-3-8-14-12)10-15-16-11-13-7-4-9-17(10)11/h4,7,9,14H,2-3,5-6,8H2,1H3. The summed E-state index contributed by atoms with van der Waals surface area (Å²) in [5.41, 5.74) is -0.00278. The summed E-state index contributed by atoms with van der Waals surface area (Å²) in [6, 6.07) is 1.93. The Morgan fingerprint density at radius 1 is 1.47 bits per heavy atom. The van der Waals surface area contributed by atoms with Crippen LogP contribution in [0.3, 0.4) is 0 Å². The van der Waals surface area contributed by atoms with Gasteiger partial charge in [0.1, 0.15) is 0 Å². The van der Waals surface area contributed by atoms with E-state index in [1.165, 1.54) is 6.42 Å². The smallest absolute Gasteiger partial charge is 0.255 e. The Morgan fingerprint density at radius 3 is 3.18 bits per heavy atom. The summed E-state index contributed by atoms with van der Waals surface area (Å²) in [7, 11) is 0. The fourth-order valence-corrected chi connectivity index (χ4v) is 2.82. The van der Waals surface area contributed by atoms with Crippen LogP contribution in [-0.2, 0) is 5.54 Å². The molecule has 1 unspecified atom stereocenters. The van der Waals surface area contributed by atoms with Gasteiger partial charge >= 0.3 is 0 Å². The first-order valence-corrected chi connectivity index (χ1v) is 6.27. The van der Waals surface area contributed by atoms with Crippen LogP contribution in [0.5, 0.6) is 0 Å². The molecule has 0 aromatic carbocycles. The summed E-state index contributed by atoms with van der Waals surface area (Å²) in [4.78, 5) is 4.23. The largest absolute Gasteiger partial charge is 0.305 e. The number of aromatic nitrogens is 4. The first kappa shape index (κ1) is 10.7. The third kappa shape index (κ3) is 1.61. The normalized spacial score (nSPS) is 24.5. The predicted octanol–water partition coefficient (Wildman–Crippen LogP) is 1.50. The molecule has 1 atom stereocenters. The van der Waals surface area contributed by atoms with Gasteiger partial charge in [-0.2, -0.15) is 0 Å². The summed E-state index contributed by atoms with van der Waals surface area (Å²) >= 11 is 0. The maximum absolute atomic E-state index is 4.36. The van der Waals surface area contributed by atoms with Crippen LogP contribution in [0.2, 0.25) is 0 Å². The number of hydrogen-bond acceptors (Lipinski definition) is 4. The van der Waals surface area contributed by atoms with Crippen molar-refractivity contribution in [2.24, 2.45) is 0 Å². The maximum atomic E-state index is 4.36. The number of rotatable bonds is 3. The Bertz CT molecular complexity index is 512. The monoisotopic (exact) mass is 231 g/mol. The van der Waals surface area contributed by atoms with Crippen LogP contribution < -0.4 is 5.32 Å². The molecule has 0 spiro atoms. The molecule has 3 rings (SSSR count). The fraction of sp³-hybridized carbons (Fsp3) is 0.583. The van der Waals surface area contributed by atoms with Gasteiger partial charge in [0.2, 0.25) is 0 Å². The van der Waals surface area contributed by atoms with E-state index in [0.29, 0.717) is 5.78 Å². The first-order valence-electron chi connectivity index (χ1n) is 6.27. The number of fused-ring (bicyclic) bond motifs is 1. The Balaban J connectivity index is 2.12. The van der Waals surface area contributed by atoms with E-state index in [-0.39, 0.29) is 5.54 Å². The van der Waals surface area contributed by atoms with Crippen molar-refractivity contribution in [1.29, 1.82) is 0 Å². The molecule has 0 saturated carbocycles. The highest BCUT2D eigenvalue weighted by Crippen LogP contribution is 2.33. The molecular formula is C12H17N5. The molecule has 2 aromatic heterocycles. The lowest BCUT2D eigenvalue weighted by Gasteiger charge is -2.27. The Labute approximate surface area is 100 Å². The maximum Gasteiger partial charge on any atom is 0.255 e. The fourth-order valence-electron chi connectivity index (χ4n) is 2.82. The van der Waals surface area contributed by atoms with Gasteiger partial charge in [0.05, 0.1) is 5.54 Å². The molecule has 5 nitrogen and oxygen atoms in total. The van der Waals surface area contributed by atoms with Crippen molar-refractivity contribution in [1.82, 2.24) is 24.9 Å². The van der Waals surface area contributed by atoms with E-state index in [1.807, 2.05) is 16.7 Å². The van der Waals surface area contributed by atoms with Crippen LogP contribution >= 0.6 is 0 Å². The summed E-state index contributed by atoms with van der Waals surface area (Å²) in [5, 5.41) is 12.1. The van der Waals surface area contributed by atoms with Crippen LogP contribution in [0.25, 0.3) is 5.78 Å². The average Bonchev–Trinajstić information content (AvgIpc) is 2.96. The van der Waals surface area contributed by atoms with Gasteiger partial charge in [-0.25, -0.2) is 4.98 Å². The average molecular weight is 231 g/mol. The lowest BCUT2D eigenvalue weighted by atomic mass is 9.91. The summed E-state index contributed by atoms with van der Waals surface area (Å²) in [6.45, 7) is 3.28. The molecule has 0 amide bonds. The third-order valence-corrected chi connectivity index (χ3v) is 3.54. The number of nitrogens with one attached hydrogen (secondary N) is 1. The van der Waals surface area contributed by atoms with Gasteiger partial charge in [-0.3, -0.25) is 4.40 Å². The first-order chi connectivity index (χ1) is 8.36. The molecule has 0 aliphatic carbocycles. The van der Waals surface area contributed by atoms with Gasteiger partial charge < -0.3 is 5.32 Å². The van der Waals surface area contributed by atoms with Crippen LogP contribution in [0.15, 0.2) is 18.5 Å². The zero-order valence-corrected chi connectivity index (χ0v) is 10.1. The second-order valence-electron chi connectivity index (χ2n) is 4.68. The quantitative estimate of drug-likeness (QED) is 0.869. The van der Waals surface area contributed by atoms with Crippen LogP contribution in [0.1, 0.15) is 38.4 Å². The highest BCUT2D eigenvalue weighted by molar-refractivity contribution is 5.29. The summed E-state index contributed by atoms with van der Waals surface area (Å²) in [6.07, 6.45) is 8.33.